The van der Waals surface area contributed by atoms with Gasteiger partial charge in [0.25, 0.3) is 0 Å². The van der Waals surface area contributed by atoms with E-state index in [1.165, 1.54) is 7.11 Å². The molecule has 7 rings (SSSR count). The van der Waals surface area contributed by atoms with E-state index in [1.807, 2.05) is 0 Å². The molecule has 2 amide bonds. The molecule has 3 N–H and O–H groups in total. The van der Waals surface area contributed by atoms with Gasteiger partial charge in [0.05, 0.1) is 38.2 Å². The van der Waals surface area contributed by atoms with Crippen LogP contribution in [0.15, 0.2) is 23.8 Å². The number of benzene rings is 1. The van der Waals surface area contributed by atoms with Gasteiger partial charge in [-0.25, -0.2) is 0 Å². The smallest absolute Gasteiger partial charge is 0.247 e. The van der Waals surface area contributed by atoms with Crippen LogP contribution in [-0.2, 0) is 14.3 Å². The van der Waals surface area contributed by atoms with Crippen LogP contribution in [0, 0.1) is 29.1 Å². The number of hydrogen-bond donors (Lipinski definition) is 3. The Morgan fingerprint density at radius 2 is 2.05 bits per heavy atom. The Hall–Kier alpha value is -2.95. The molecule has 0 aromatic heterocycles. The van der Waals surface area contributed by atoms with E-state index in [4.69, 9.17) is 14.2 Å². The Morgan fingerprint density at radius 1 is 1.24 bits per heavy atom. The van der Waals surface area contributed by atoms with Gasteiger partial charge in [0.1, 0.15) is 18.5 Å². The summed E-state index contributed by atoms with van der Waals surface area (Å²) in [6.07, 6.45) is 4.32. The van der Waals surface area contributed by atoms with E-state index in [2.05, 4.69) is 19.2 Å². The van der Waals surface area contributed by atoms with Crippen molar-refractivity contribution in [2.75, 3.05) is 40.0 Å². The number of hydrogen-bond acceptors (Lipinski definition) is 8. The third-order valence-electron chi connectivity index (χ3n) is 10.8. The molecule has 4 fully saturated rings. The van der Waals surface area contributed by atoms with E-state index in [9.17, 15) is 24.6 Å². The largest absolute Gasteiger partial charge is 0.493 e. The first-order chi connectivity index (χ1) is 20.2. The van der Waals surface area contributed by atoms with Gasteiger partial charge in [0, 0.05) is 36.4 Å². The maximum Gasteiger partial charge on any atom is 0.247 e. The molecule has 228 valence electrons. The third-order valence-corrected chi connectivity index (χ3v) is 10.8. The van der Waals surface area contributed by atoms with Gasteiger partial charge in [-0.05, 0) is 67.1 Å². The molecule has 0 spiro atoms. The molecule has 6 aliphatic rings. The first-order valence-corrected chi connectivity index (χ1v) is 15.2. The highest BCUT2D eigenvalue weighted by atomic mass is 16.5. The molecule has 10 heteroatoms. The summed E-state index contributed by atoms with van der Waals surface area (Å²) < 4.78 is 17.4. The first kappa shape index (κ1) is 29.1. The number of carbonyl (C=O) groups excluding carboxylic acids is 3. The summed E-state index contributed by atoms with van der Waals surface area (Å²) in [7, 11) is 1.47. The fourth-order valence-corrected chi connectivity index (χ4v) is 8.31. The number of ether oxygens (including phenoxy) is 3. The maximum atomic E-state index is 14.2. The molecular formula is C32H42N2O8. The van der Waals surface area contributed by atoms with Crippen molar-refractivity contribution in [2.45, 2.75) is 63.7 Å². The van der Waals surface area contributed by atoms with E-state index >= 15 is 0 Å². The van der Waals surface area contributed by atoms with Crippen molar-refractivity contribution in [3.8, 4) is 11.5 Å². The van der Waals surface area contributed by atoms with Gasteiger partial charge < -0.3 is 34.6 Å². The van der Waals surface area contributed by atoms with Crippen molar-refractivity contribution in [3.63, 3.8) is 0 Å². The zero-order valence-corrected chi connectivity index (χ0v) is 24.6. The van der Waals surface area contributed by atoms with E-state index < -0.39 is 30.1 Å². The topological polar surface area (TPSA) is 135 Å². The van der Waals surface area contributed by atoms with Gasteiger partial charge in [0.2, 0.25) is 11.8 Å². The monoisotopic (exact) mass is 582 g/mol. The number of aliphatic hydroxyl groups excluding tert-OH is 2. The zero-order chi connectivity index (χ0) is 29.8. The van der Waals surface area contributed by atoms with Crippen molar-refractivity contribution in [2.24, 2.45) is 29.1 Å². The number of nitrogens with zero attached hydrogens (tertiary/aromatic N) is 1. The highest BCUT2D eigenvalue weighted by Gasteiger charge is 2.56. The standard InChI is InChI=1S/C32H42N2O8/c1-32(2)20-5-4-18(23(32)12-20)14-34(31(39)19-6-9-41-16-19)24-13-22(30(38)33-7-8-35)26-21-10-17(15-36)11-25(40-3)28(21)42-29(26)27(24)37/h10-11,13,15,18-20,23-24,26-27,29,35,37H,4-9,12,14,16H2,1-3H3,(H,33,38). The van der Waals surface area contributed by atoms with Crippen LogP contribution in [0.25, 0.3) is 0 Å². The highest BCUT2D eigenvalue weighted by Crippen LogP contribution is 2.61. The molecule has 0 radical (unpaired) electrons. The summed E-state index contributed by atoms with van der Waals surface area (Å²) in [6.45, 7) is 5.81. The minimum Gasteiger partial charge on any atom is -0.493 e. The predicted octanol–water partition coefficient (Wildman–Crippen LogP) is 2.07. The molecule has 2 heterocycles. The fraction of sp³-hybridized carbons (Fsp3) is 0.656. The van der Waals surface area contributed by atoms with Crippen LogP contribution in [0.4, 0.5) is 0 Å². The lowest BCUT2D eigenvalue weighted by atomic mass is 9.45. The SMILES string of the molecule is COc1cc(C=O)cc2c1OC1C2C(C(=O)NCCO)=CC(N(CC2CCC3CC2C3(C)C)C(=O)C2CCOC2)C1O. The van der Waals surface area contributed by atoms with Crippen LogP contribution in [0.3, 0.4) is 0 Å². The molecule has 1 aromatic carbocycles. The summed E-state index contributed by atoms with van der Waals surface area (Å²) >= 11 is 0. The van der Waals surface area contributed by atoms with Crippen molar-refractivity contribution in [1.82, 2.24) is 10.2 Å². The van der Waals surface area contributed by atoms with Crippen LogP contribution in [0.5, 0.6) is 11.5 Å². The van der Waals surface area contributed by atoms with Crippen LogP contribution in [-0.4, -0.2) is 91.5 Å². The summed E-state index contributed by atoms with van der Waals surface area (Å²) in [5.74, 6) is 0.720. The lowest BCUT2D eigenvalue weighted by Gasteiger charge is -2.61. The molecule has 1 aromatic rings. The van der Waals surface area contributed by atoms with E-state index in [-0.39, 0.29) is 36.3 Å². The molecule has 3 saturated carbocycles. The minimum absolute atomic E-state index is 0.0499. The van der Waals surface area contributed by atoms with E-state index in [0.29, 0.717) is 72.5 Å². The van der Waals surface area contributed by atoms with Crippen molar-refractivity contribution >= 4 is 18.1 Å². The second-order valence-electron chi connectivity index (χ2n) is 13.2. The number of aliphatic hydroxyl groups is 2. The lowest BCUT2D eigenvalue weighted by molar-refractivity contribution is -0.150. The fourth-order valence-electron chi connectivity index (χ4n) is 8.31. The van der Waals surface area contributed by atoms with E-state index in [0.717, 1.165) is 19.3 Å². The Labute approximate surface area is 246 Å². The second-order valence-corrected chi connectivity index (χ2v) is 13.2. The Balaban J connectivity index is 1.41. The van der Waals surface area contributed by atoms with Gasteiger partial charge >= 0.3 is 0 Å². The number of nitrogens with one attached hydrogen (secondary N) is 1. The molecule has 1 saturated heterocycles. The Morgan fingerprint density at radius 3 is 2.69 bits per heavy atom. The number of fused-ring (bicyclic) bond motifs is 5. The average Bonchev–Trinajstić information content (AvgIpc) is 3.67. The first-order valence-electron chi connectivity index (χ1n) is 15.2. The van der Waals surface area contributed by atoms with Gasteiger partial charge in [0.15, 0.2) is 11.5 Å². The minimum atomic E-state index is -1.14. The quantitative estimate of drug-likeness (QED) is 0.377. The summed E-state index contributed by atoms with van der Waals surface area (Å²) in [6, 6.07) is 2.42. The summed E-state index contributed by atoms with van der Waals surface area (Å²) in [4.78, 5) is 41.3. The predicted molar refractivity (Wildman–Crippen MR) is 152 cm³/mol. The van der Waals surface area contributed by atoms with E-state index in [1.54, 1.807) is 23.1 Å². The highest BCUT2D eigenvalue weighted by molar-refractivity contribution is 5.96. The Bertz CT molecular complexity index is 1270. The molecule has 8 unspecified atom stereocenters. The third kappa shape index (κ3) is 4.72. The van der Waals surface area contributed by atoms with Crippen molar-refractivity contribution in [3.05, 3.63) is 34.9 Å². The molecule has 2 aliphatic heterocycles. The van der Waals surface area contributed by atoms with Gasteiger partial charge in [-0.2, -0.15) is 0 Å². The number of rotatable bonds is 9. The van der Waals surface area contributed by atoms with Crippen LogP contribution < -0.4 is 14.8 Å². The van der Waals surface area contributed by atoms with Crippen LogP contribution in [0.2, 0.25) is 0 Å². The normalized spacial score (nSPS) is 33.8. The van der Waals surface area contributed by atoms with Crippen molar-refractivity contribution in [1.29, 1.82) is 0 Å². The number of carbonyl (C=O) groups is 3. The zero-order valence-electron chi connectivity index (χ0n) is 24.6. The summed E-state index contributed by atoms with van der Waals surface area (Å²) in [5, 5.41) is 24.1. The Kier molecular flexibility index (Phi) is 7.82. The van der Waals surface area contributed by atoms with Gasteiger partial charge in [-0.15, -0.1) is 0 Å². The number of amides is 2. The lowest BCUT2D eigenvalue weighted by Crippen LogP contribution is -2.60. The number of methoxy groups -OCH3 is 1. The second kappa shape index (κ2) is 11.3. The molecular weight excluding hydrogens is 540 g/mol. The van der Waals surface area contributed by atoms with Crippen molar-refractivity contribution < 1.29 is 38.8 Å². The molecule has 42 heavy (non-hydrogen) atoms. The summed E-state index contributed by atoms with van der Waals surface area (Å²) in [5.41, 5.74) is 1.48. The molecule has 10 nitrogen and oxygen atoms in total. The maximum absolute atomic E-state index is 14.2. The van der Waals surface area contributed by atoms with Crippen LogP contribution in [0.1, 0.15) is 61.4 Å². The molecule has 2 bridgehead atoms. The molecule has 4 aliphatic carbocycles. The number of aldehydes is 1. The van der Waals surface area contributed by atoms with Gasteiger partial charge in [-0.1, -0.05) is 13.8 Å². The van der Waals surface area contributed by atoms with Crippen LogP contribution >= 0.6 is 0 Å². The van der Waals surface area contributed by atoms with Gasteiger partial charge in [-0.3, -0.25) is 14.4 Å². The average molecular weight is 583 g/mol. The molecule has 8 atom stereocenters.